The van der Waals surface area contributed by atoms with Crippen LogP contribution in [0.4, 0.5) is 5.82 Å². The molecule has 0 bridgehead atoms. The van der Waals surface area contributed by atoms with E-state index in [1.807, 2.05) is 6.92 Å². The number of aromatic nitrogens is 2. The first-order chi connectivity index (χ1) is 8.15. The van der Waals surface area contributed by atoms with Gasteiger partial charge in [0.2, 0.25) is 5.88 Å². The summed E-state index contributed by atoms with van der Waals surface area (Å²) in [6.07, 6.45) is 2.21. The second-order valence-electron chi connectivity index (χ2n) is 4.17. The average molecular weight is 258 g/mol. The minimum absolute atomic E-state index is 0.570. The van der Waals surface area contributed by atoms with E-state index in [9.17, 15) is 0 Å². The highest BCUT2D eigenvalue weighted by Gasteiger charge is 2.02. The van der Waals surface area contributed by atoms with Crippen molar-refractivity contribution in [3.8, 4) is 5.88 Å². The molecule has 1 heterocycles. The Morgan fingerprint density at radius 2 is 2.24 bits per heavy atom. The Balaban J connectivity index is 2.38. The van der Waals surface area contributed by atoms with Crippen molar-refractivity contribution >= 4 is 17.4 Å². The molecular weight excluding hydrogens is 238 g/mol. The number of halogens is 1. The fourth-order valence-electron chi connectivity index (χ4n) is 1.48. The third-order valence-electron chi connectivity index (χ3n) is 2.47. The first-order valence-corrected chi connectivity index (χ1v) is 6.38. The number of methoxy groups -OCH3 is 1. The zero-order valence-corrected chi connectivity index (χ0v) is 11.4. The lowest BCUT2D eigenvalue weighted by Crippen LogP contribution is -2.07. The molecule has 1 rings (SSSR count). The molecule has 17 heavy (non-hydrogen) atoms. The van der Waals surface area contributed by atoms with Gasteiger partial charge in [-0.3, -0.25) is 0 Å². The fourth-order valence-corrected chi connectivity index (χ4v) is 1.63. The van der Waals surface area contributed by atoms with Gasteiger partial charge in [-0.2, -0.15) is 4.98 Å². The van der Waals surface area contributed by atoms with Crippen molar-refractivity contribution < 1.29 is 4.74 Å². The summed E-state index contributed by atoms with van der Waals surface area (Å²) in [5.74, 6) is 3.41. The van der Waals surface area contributed by atoms with E-state index in [4.69, 9.17) is 16.3 Å². The van der Waals surface area contributed by atoms with Gasteiger partial charge in [0.05, 0.1) is 7.11 Å². The van der Waals surface area contributed by atoms with Gasteiger partial charge in [0.25, 0.3) is 0 Å². The summed E-state index contributed by atoms with van der Waals surface area (Å²) in [5.41, 5.74) is 0. The normalized spacial score (nSPS) is 12.2. The van der Waals surface area contributed by atoms with Crippen LogP contribution >= 0.6 is 11.6 Å². The quantitative estimate of drug-likeness (QED) is 0.603. The number of alkyl halides is 1. The van der Waals surface area contributed by atoms with Crippen LogP contribution in [0.15, 0.2) is 6.07 Å². The molecular formula is C12H20ClN3O. The molecule has 1 aromatic rings. The first-order valence-electron chi connectivity index (χ1n) is 5.85. The topological polar surface area (TPSA) is 47.0 Å². The molecule has 96 valence electrons. The minimum atomic E-state index is 0.570. The molecule has 0 aliphatic carbocycles. The molecule has 1 aromatic heterocycles. The zero-order chi connectivity index (χ0) is 12.7. The van der Waals surface area contributed by atoms with Gasteiger partial charge in [-0.25, -0.2) is 4.98 Å². The molecule has 0 spiro atoms. The Morgan fingerprint density at radius 3 is 2.88 bits per heavy atom. The predicted octanol–water partition coefficient (Wildman–Crippen LogP) is 2.86. The smallest absolute Gasteiger partial charge is 0.218 e. The largest absolute Gasteiger partial charge is 0.481 e. The summed E-state index contributed by atoms with van der Waals surface area (Å²) in [7, 11) is 1.60. The first kappa shape index (κ1) is 14.0. The summed E-state index contributed by atoms with van der Waals surface area (Å²) in [6.45, 7) is 4.90. The van der Waals surface area contributed by atoms with Crippen LogP contribution in [0.5, 0.6) is 5.88 Å². The Kier molecular flexibility index (Phi) is 6.05. The Bertz CT molecular complexity index is 347. The molecule has 0 amide bonds. The van der Waals surface area contributed by atoms with Gasteiger partial charge in [-0.15, -0.1) is 11.6 Å². The highest BCUT2D eigenvalue weighted by atomic mass is 35.5. The summed E-state index contributed by atoms with van der Waals surface area (Å²) < 4.78 is 5.09. The predicted molar refractivity (Wildman–Crippen MR) is 70.9 cm³/mol. The highest BCUT2D eigenvalue weighted by Crippen LogP contribution is 2.13. The van der Waals surface area contributed by atoms with Crippen molar-refractivity contribution in [1.82, 2.24) is 9.97 Å². The molecule has 1 unspecified atom stereocenters. The van der Waals surface area contributed by atoms with Crippen molar-refractivity contribution in [2.45, 2.75) is 26.7 Å². The van der Waals surface area contributed by atoms with Gasteiger partial charge in [0, 0.05) is 18.5 Å². The maximum absolute atomic E-state index is 5.75. The molecule has 0 radical (unpaired) electrons. The number of rotatable bonds is 7. The molecule has 5 heteroatoms. The Labute approximate surface area is 108 Å². The third kappa shape index (κ3) is 5.22. The summed E-state index contributed by atoms with van der Waals surface area (Å²) >= 11 is 5.75. The van der Waals surface area contributed by atoms with E-state index in [-0.39, 0.29) is 0 Å². The number of aryl methyl sites for hydroxylation is 1. The van der Waals surface area contributed by atoms with Gasteiger partial charge in [-0.05, 0) is 25.7 Å². The number of hydrogen-bond acceptors (Lipinski definition) is 4. The molecule has 4 nitrogen and oxygen atoms in total. The lowest BCUT2D eigenvalue weighted by Gasteiger charge is -2.09. The standard InChI is InChI=1S/C12H20ClN3O/c1-9(8-13)5-4-6-14-11-7-12(17-3)16-10(2)15-11/h7,9H,4-6,8H2,1-3H3,(H,14,15,16). The molecule has 0 saturated heterocycles. The second-order valence-corrected chi connectivity index (χ2v) is 4.48. The van der Waals surface area contributed by atoms with E-state index in [2.05, 4.69) is 22.2 Å². The monoisotopic (exact) mass is 257 g/mol. The number of nitrogens with one attached hydrogen (secondary N) is 1. The van der Waals surface area contributed by atoms with E-state index in [0.29, 0.717) is 17.6 Å². The number of ether oxygens (including phenoxy) is 1. The molecule has 0 aromatic carbocycles. The van der Waals surface area contributed by atoms with Gasteiger partial charge < -0.3 is 10.1 Å². The maximum atomic E-state index is 5.75. The van der Waals surface area contributed by atoms with Gasteiger partial charge >= 0.3 is 0 Å². The molecule has 0 aliphatic rings. The molecule has 0 saturated carbocycles. The molecule has 1 N–H and O–H groups in total. The molecule has 0 aliphatic heterocycles. The summed E-state index contributed by atoms with van der Waals surface area (Å²) in [4.78, 5) is 8.42. The van der Waals surface area contributed by atoms with E-state index in [1.54, 1.807) is 13.2 Å². The van der Waals surface area contributed by atoms with E-state index >= 15 is 0 Å². The van der Waals surface area contributed by atoms with E-state index in [1.165, 1.54) is 0 Å². The molecule has 0 fully saturated rings. The maximum Gasteiger partial charge on any atom is 0.218 e. The van der Waals surface area contributed by atoms with Crippen molar-refractivity contribution in [1.29, 1.82) is 0 Å². The van der Waals surface area contributed by atoms with Crippen LogP contribution in [0.3, 0.4) is 0 Å². The Morgan fingerprint density at radius 1 is 1.47 bits per heavy atom. The van der Waals surface area contributed by atoms with Crippen LogP contribution in [-0.2, 0) is 0 Å². The van der Waals surface area contributed by atoms with Crippen molar-refractivity contribution in [2.24, 2.45) is 5.92 Å². The van der Waals surface area contributed by atoms with E-state index < -0.39 is 0 Å². The van der Waals surface area contributed by atoms with Crippen LogP contribution in [0.25, 0.3) is 0 Å². The van der Waals surface area contributed by atoms with Crippen LogP contribution in [0.1, 0.15) is 25.6 Å². The van der Waals surface area contributed by atoms with Crippen LogP contribution in [0, 0.1) is 12.8 Å². The van der Waals surface area contributed by atoms with Gasteiger partial charge in [0.1, 0.15) is 11.6 Å². The minimum Gasteiger partial charge on any atom is -0.481 e. The SMILES string of the molecule is COc1cc(NCCCC(C)CCl)nc(C)n1. The number of nitrogens with zero attached hydrogens (tertiary/aromatic N) is 2. The summed E-state index contributed by atoms with van der Waals surface area (Å²) in [6, 6.07) is 1.80. The average Bonchev–Trinajstić information content (AvgIpc) is 2.33. The third-order valence-corrected chi connectivity index (χ3v) is 2.99. The van der Waals surface area contributed by atoms with Crippen LogP contribution in [0.2, 0.25) is 0 Å². The highest BCUT2D eigenvalue weighted by molar-refractivity contribution is 6.18. The van der Waals surface area contributed by atoms with Gasteiger partial charge in [0.15, 0.2) is 0 Å². The summed E-state index contributed by atoms with van der Waals surface area (Å²) in [5, 5.41) is 3.27. The Hall–Kier alpha value is -1.03. The zero-order valence-electron chi connectivity index (χ0n) is 10.7. The number of hydrogen-bond donors (Lipinski definition) is 1. The van der Waals surface area contributed by atoms with Crippen LogP contribution in [-0.4, -0.2) is 29.5 Å². The van der Waals surface area contributed by atoms with Crippen molar-refractivity contribution in [3.63, 3.8) is 0 Å². The number of anilines is 1. The van der Waals surface area contributed by atoms with E-state index in [0.717, 1.165) is 31.1 Å². The lowest BCUT2D eigenvalue weighted by molar-refractivity contribution is 0.396. The second kappa shape index (κ2) is 7.33. The molecule has 1 atom stereocenters. The van der Waals surface area contributed by atoms with Crippen LogP contribution < -0.4 is 10.1 Å². The lowest BCUT2D eigenvalue weighted by atomic mass is 10.1. The fraction of sp³-hybridized carbons (Fsp3) is 0.667. The van der Waals surface area contributed by atoms with Crippen molar-refractivity contribution in [2.75, 3.05) is 24.9 Å². The van der Waals surface area contributed by atoms with Crippen molar-refractivity contribution in [3.05, 3.63) is 11.9 Å². The van der Waals surface area contributed by atoms with Gasteiger partial charge in [-0.1, -0.05) is 6.92 Å².